The lowest BCUT2D eigenvalue weighted by Gasteiger charge is -2.16. The van der Waals surface area contributed by atoms with E-state index in [1.165, 1.54) is 6.07 Å². The predicted molar refractivity (Wildman–Crippen MR) is 91.4 cm³/mol. The summed E-state index contributed by atoms with van der Waals surface area (Å²) in [4.78, 5) is 13.8. The van der Waals surface area contributed by atoms with Gasteiger partial charge in [-0.15, -0.1) is 5.10 Å². The van der Waals surface area contributed by atoms with E-state index in [1.807, 2.05) is 0 Å². The highest BCUT2D eigenvalue weighted by molar-refractivity contribution is 6.42. The van der Waals surface area contributed by atoms with Crippen LogP contribution in [0.1, 0.15) is 30.1 Å². The van der Waals surface area contributed by atoms with E-state index in [9.17, 15) is 9.90 Å². The van der Waals surface area contributed by atoms with Crippen LogP contribution >= 0.6 is 23.2 Å². The molecule has 1 atom stereocenters. The third-order valence-electron chi connectivity index (χ3n) is 4.69. The topological polar surface area (TPSA) is 80.5 Å². The number of fused-ring (bicyclic) bond motifs is 1. The van der Waals surface area contributed by atoms with Crippen LogP contribution in [0.25, 0.3) is 0 Å². The minimum Gasteiger partial charge on any atom is -0.508 e. The second kappa shape index (κ2) is 6.38. The molecule has 25 heavy (non-hydrogen) atoms. The molecule has 132 valence electrons. The highest BCUT2D eigenvalue weighted by Gasteiger charge is 2.33. The SMILES string of the molecule is O=C(Oc1nnc2n1C[C@@H](c1c(O)ccc(Cl)c1Cl)C2)N1CCCC1. The lowest BCUT2D eigenvalue weighted by atomic mass is 9.96. The number of carbonyl (C=O) groups excluding carboxylic acids is 1. The maximum Gasteiger partial charge on any atom is 0.417 e. The van der Waals surface area contributed by atoms with Crippen molar-refractivity contribution >= 4 is 29.3 Å². The van der Waals surface area contributed by atoms with E-state index in [1.54, 1.807) is 15.5 Å². The Morgan fingerprint density at radius 1 is 1.24 bits per heavy atom. The van der Waals surface area contributed by atoms with Crippen molar-refractivity contribution in [2.75, 3.05) is 13.1 Å². The normalized spacial score (nSPS) is 19.3. The Morgan fingerprint density at radius 2 is 2.00 bits per heavy atom. The van der Waals surface area contributed by atoms with Gasteiger partial charge >= 0.3 is 12.1 Å². The Bertz CT molecular complexity index is 833. The van der Waals surface area contributed by atoms with Crippen LogP contribution in [-0.2, 0) is 13.0 Å². The van der Waals surface area contributed by atoms with Crippen molar-refractivity contribution in [1.82, 2.24) is 19.7 Å². The molecule has 0 unspecified atom stereocenters. The van der Waals surface area contributed by atoms with Crippen LogP contribution in [0, 0.1) is 0 Å². The number of nitrogens with zero attached hydrogens (tertiary/aromatic N) is 4. The number of halogens is 2. The molecule has 3 heterocycles. The Morgan fingerprint density at radius 3 is 2.76 bits per heavy atom. The van der Waals surface area contributed by atoms with Crippen molar-refractivity contribution in [2.45, 2.75) is 31.7 Å². The van der Waals surface area contributed by atoms with Crippen molar-refractivity contribution in [3.05, 3.63) is 33.6 Å². The summed E-state index contributed by atoms with van der Waals surface area (Å²) in [5, 5.41) is 18.9. The van der Waals surface area contributed by atoms with Crippen molar-refractivity contribution in [3.63, 3.8) is 0 Å². The number of hydrogen-bond donors (Lipinski definition) is 1. The van der Waals surface area contributed by atoms with Gasteiger partial charge in [0.2, 0.25) is 0 Å². The third-order valence-corrected chi connectivity index (χ3v) is 5.51. The first-order chi connectivity index (χ1) is 12.0. The van der Waals surface area contributed by atoms with Gasteiger partial charge in [0.15, 0.2) is 0 Å². The summed E-state index contributed by atoms with van der Waals surface area (Å²) < 4.78 is 7.15. The molecule has 0 spiro atoms. The molecule has 7 nitrogen and oxygen atoms in total. The van der Waals surface area contributed by atoms with Crippen LogP contribution in [0.15, 0.2) is 12.1 Å². The number of rotatable bonds is 2. The Kier molecular flexibility index (Phi) is 4.21. The molecule has 0 aliphatic carbocycles. The molecular weight excluding hydrogens is 367 g/mol. The molecule has 1 N–H and O–H groups in total. The predicted octanol–water partition coefficient (Wildman–Crippen LogP) is 3.23. The number of ether oxygens (including phenoxy) is 1. The van der Waals surface area contributed by atoms with E-state index < -0.39 is 6.09 Å². The van der Waals surface area contributed by atoms with Gasteiger partial charge in [-0.3, -0.25) is 4.57 Å². The largest absolute Gasteiger partial charge is 0.508 e. The molecule has 1 amide bonds. The molecule has 1 aromatic carbocycles. The molecule has 1 fully saturated rings. The van der Waals surface area contributed by atoms with Gasteiger partial charge in [0.25, 0.3) is 0 Å². The first-order valence-corrected chi connectivity index (χ1v) is 8.86. The molecule has 0 radical (unpaired) electrons. The summed E-state index contributed by atoms with van der Waals surface area (Å²) in [7, 11) is 0. The fourth-order valence-electron chi connectivity index (χ4n) is 3.41. The monoisotopic (exact) mass is 382 g/mol. The van der Waals surface area contributed by atoms with Crippen molar-refractivity contribution in [3.8, 4) is 11.8 Å². The van der Waals surface area contributed by atoms with E-state index in [0.717, 1.165) is 12.8 Å². The molecule has 0 saturated carbocycles. The van der Waals surface area contributed by atoms with Gasteiger partial charge in [-0.05, 0) is 25.0 Å². The smallest absolute Gasteiger partial charge is 0.417 e. The number of hydrogen-bond acceptors (Lipinski definition) is 5. The first-order valence-electron chi connectivity index (χ1n) is 8.10. The zero-order valence-electron chi connectivity index (χ0n) is 13.3. The van der Waals surface area contributed by atoms with E-state index in [-0.39, 0.29) is 17.7 Å². The number of carbonyl (C=O) groups is 1. The first kappa shape index (κ1) is 16.5. The molecule has 2 aliphatic rings. The molecule has 2 aliphatic heterocycles. The average Bonchev–Trinajstić information content (AvgIpc) is 3.30. The number of likely N-dealkylation sites (tertiary alicyclic amines) is 1. The third kappa shape index (κ3) is 2.91. The van der Waals surface area contributed by atoms with Gasteiger partial charge < -0.3 is 14.7 Å². The summed E-state index contributed by atoms with van der Waals surface area (Å²) >= 11 is 12.3. The second-order valence-corrected chi connectivity index (χ2v) is 7.05. The van der Waals surface area contributed by atoms with Crippen LogP contribution < -0.4 is 4.74 Å². The highest BCUT2D eigenvalue weighted by atomic mass is 35.5. The summed E-state index contributed by atoms with van der Waals surface area (Å²) in [6.45, 7) is 1.86. The number of benzene rings is 1. The molecule has 0 bridgehead atoms. The number of amides is 1. The van der Waals surface area contributed by atoms with Crippen molar-refractivity contribution in [1.29, 1.82) is 0 Å². The Hall–Kier alpha value is -1.99. The molecular formula is C16H16Cl2N4O3. The maximum atomic E-state index is 12.2. The van der Waals surface area contributed by atoms with E-state index in [2.05, 4.69) is 10.2 Å². The Balaban J connectivity index is 1.55. The molecule has 1 aromatic heterocycles. The summed E-state index contributed by atoms with van der Waals surface area (Å²) in [5.74, 6) is 0.666. The fourth-order valence-corrected chi connectivity index (χ4v) is 3.89. The number of phenolic OH excluding ortho intramolecular Hbond substituents is 1. The van der Waals surface area contributed by atoms with Crippen molar-refractivity contribution < 1.29 is 14.6 Å². The van der Waals surface area contributed by atoms with E-state index >= 15 is 0 Å². The second-order valence-electron chi connectivity index (χ2n) is 6.27. The van der Waals surface area contributed by atoms with E-state index in [4.69, 9.17) is 27.9 Å². The van der Waals surface area contributed by atoms with E-state index in [0.29, 0.717) is 47.5 Å². The highest BCUT2D eigenvalue weighted by Crippen LogP contribution is 2.42. The van der Waals surface area contributed by atoms with Crippen LogP contribution in [-0.4, -0.2) is 44.0 Å². The summed E-state index contributed by atoms with van der Waals surface area (Å²) in [6, 6.07) is 3.25. The lowest BCUT2D eigenvalue weighted by molar-refractivity contribution is 0.156. The fraction of sp³-hybridized carbons (Fsp3) is 0.438. The number of aromatic nitrogens is 3. The minimum atomic E-state index is -0.403. The molecule has 2 aromatic rings. The standard InChI is InChI=1S/C16H16Cl2N4O3/c17-10-3-4-11(23)13(14(10)18)9-7-12-19-20-15(22(12)8-9)25-16(24)21-5-1-2-6-21/h3-4,9,23H,1-2,5-8H2/t9-/m0/s1. The van der Waals surface area contributed by atoms with Gasteiger partial charge in [0.1, 0.15) is 11.6 Å². The van der Waals surface area contributed by atoms with Gasteiger partial charge in [-0.1, -0.05) is 28.3 Å². The van der Waals surface area contributed by atoms with Crippen LogP contribution in [0.2, 0.25) is 10.0 Å². The van der Waals surface area contributed by atoms with Gasteiger partial charge in [0, 0.05) is 37.5 Å². The van der Waals surface area contributed by atoms with Crippen molar-refractivity contribution in [2.24, 2.45) is 0 Å². The summed E-state index contributed by atoms with van der Waals surface area (Å²) in [6.07, 6.45) is 2.10. The molecule has 1 saturated heterocycles. The zero-order chi connectivity index (χ0) is 17.6. The van der Waals surface area contributed by atoms with Gasteiger partial charge in [0.05, 0.1) is 10.0 Å². The molecule has 9 heteroatoms. The van der Waals surface area contributed by atoms with Crippen LogP contribution in [0.4, 0.5) is 4.79 Å². The minimum absolute atomic E-state index is 0.0914. The van der Waals surface area contributed by atoms with Gasteiger partial charge in [-0.25, -0.2) is 4.79 Å². The molecule has 4 rings (SSSR count). The average molecular weight is 383 g/mol. The summed E-state index contributed by atoms with van der Waals surface area (Å²) in [5.41, 5.74) is 0.580. The lowest BCUT2D eigenvalue weighted by Crippen LogP contribution is -2.31. The van der Waals surface area contributed by atoms with Gasteiger partial charge in [-0.2, -0.15) is 0 Å². The maximum absolute atomic E-state index is 12.2. The van der Waals surface area contributed by atoms with Crippen LogP contribution in [0.5, 0.6) is 11.8 Å². The Labute approximate surface area is 154 Å². The van der Waals surface area contributed by atoms with Crippen LogP contribution in [0.3, 0.4) is 0 Å². The number of phenols is 1. The number of aromatic hydroxyl groups is 1. The quantitative estimate of drug-likeness (QED) is 0.861. The zero-order valence-corrected chi connectivity index (χ0v) is 14.8.